The van der Waals surface area contributed by atoms with Gasteiger partial charge in [0, 0.05) is 15.7 Å². The average molecular weight is 348 g/mol. The predicted molar refractivity (Wildman–Crippen MR) is 77.5 cm³/mol. The van der Waals surface area contributed by atoms with Crippen LogP contribution in [0.15, 0.2) is 18.7 Å². The second kappa shape index (κ2) is 6.86. The second-order valence-electron chi connectivity index (χ2n) is 3.34. The van der Waals surface area contributed by atoms with E-state index in [1.165, 1.54) is 0 Å². The van der Waals surface area contributed by atoms with Crippen LogP contribution >= 0.6 is 22.6 Å². The van der Waals surface area contributed by atoms with Gasteiger partial charge in [-0.3, -0.25) is 0 Å². The Kier molecular flexibility index (Phi) is 5.77. The topological polar surface area (TPSA) is 27.7 Å². The molecule has 0 bridgehead atoms. The molecular formula is C13H17IO3. The number of hydrogen-bond acceptors (Lipinski definition) is 3. The van der Waals surface area contributed by atoms with Crippen molar-refractivity contribution in [1.82, 2.24) is 0 Å². The molecule has 0 fully saturated rings. The highest BCUT2D eigenvalue weighted by molar-refractivity contribution is 14.1. The summed E-state index contributed by atoms with van der Waals surface area (Å²) >= 11 is 2.24. The van der Waals surface area contributed by atoms with E-state index in [1.54, 1.807) is 13.2 Å². The Hall–Kier alpha value is -0.750. The Morgan fingerprint density at radius 1 is 1.47 bits per heavy atom. The van der Waals surface area contributed by atoms with Gasteiger partial charge >= 0.3 is 0 Å². The van der Waals surface area contributed by atoms with Crippen LogP contribution in [0.1, 0.15) is 19.4 Å². The van der Waals surface area contributed by atoms with Crippen LogP contribution in [-0.4, -0.2) is 20.0 Å². The standard InChI is InChI=1S/C13H17IO3/c1-5-10-11(14)7-8-12(13(10)15-4)17-9(3)16-6-2/h5,7-9H,1,6H2,2-4H3. The first kappa shape index (κ1) is 14.3. The molecule has 0 saturated carbocycles. The van der Waals surface area contributed by atoms with Crippen molar-refractivity contribution >= 4 is 28.7 Å². The molecule has 1 rings (SSSR count). The summed E-state index contributed by atoms with van der Waals surface area (Å²) in [5.74, 6) is 1.36. The zero-order chi connectivity index (χ0) is 12.8. The van der Waals surface area contributed by atoms with Gasteiger partial charge < -0.3 is 14.2 Å². The van der Waals surface area contributed by atoms with Gasteiger partial charge in [-0.25, -0.2) is 0 Å². The van der Waals surface area contributed by atoms with Crippen LogP contribution in [0.5, 0.6) is 11.5 Å². The molecule has 0 aromatic heterocycles. The summed E-state index contributed by atoms with van der Waals surface area (Å²) in [5, 5.41) is 0. The molecular weight excluding hydrogens is 331 g/mol. The third-order valence-corrected chi connectivity index (χ3v) is 3.15. The van der Waals surface area contributed by atoms with Crippen molar-refractivity contribution in [1.29, 1.82) is 0 Å². The van der Waals surface area contributed by atoms with Crippen molar-refractivity contribution in [2.75, 3.05) is 13.7 Å². The molecule has 0 saturated heterocycles. The van der Waals surface area contributed by atoms with Crippen molar-refractivity contribution < 1.29 is 14.2 Å². The van der Waals surface area contributed by atoms with E-state index < -0.39 is 0 Å². The van der Waals surface area contributed by atoms with Gasteiger partial charge in [-0.05, 0) is 48.6 Å². The SMILES string of the molecule is C=Cc1c(I)ccc(OC(C)OCC)c1OC. The van der Waals surface area contributed by atoms with Crippen molar-refractivity contribution in [3.8, 4) is 11.5 Å². The van der Waals surface area contributed by atoms with Crippen LogP contribution in [0.4, 0.5) is 0 Å². The van der Waals surface area contributed by atoms with E-state index in [2.05, 4.69) is 29.2 Å². The van der Waals surface area contributed by atoms with Gasteiger partial charge in [-0.2, -0.15) is 0 Å². The van der Waals surface area contributed by atoms with Gasteiger partial charge in [0.15, 0.2) is 17.8 Å². The number of methoxy groups -OCH3 is 1. The van der Waals surface area contributed by atoms with Gasteiger partial charge in [-0.1, -0.05) is 12.7 Å². The molecule has 0 radical (unpaired) electrons. The quantitative estimate of drug-likeness (QED) is 0.580. The van der Waals surface area contributed by atoms with Crippen molar-refractivity contribution in [2.45, 2.75) is 20.1 Å². The van der Waals surface area contributed by atoms with Crippen LogP contribution < -0.4 is 9.47 Å². The minimum atomic E-state index is -0.299. The summed E-state index contributed by atoms with van der Waals surface area (Å²) in [6.45, 7) is 8.19. The molecule has 0 aliphatic rings. The molecule has 4 heteroatoms. The van der Waals surface area contributed by atoms with Crippen molar-refractivity contribution in [3.63, 3.8) is 0 Å². The van der Waals surface area contributed by atoms with E-state index in [-0.39, 0.29) is 6.29 Å². The van der Waals surface area contributed by atoms with Crippen molar-refractivity contribution in [3.05, 3.63) is 27.8 Å². The highest BCUT2D eigenvalue weighted by Gasteiger charge is 2.14. The first-order valence-corrected chi connectivity index (χ1v) is 6.49. The highest BCUT2D eigenvalue weighted by atomic mass is 127. The van der Waals surface area contributed by atoms with E-state index in [9.17, 15) is 0 Å². The largest absolute Gasteiger partial charge is 0.492 e. The third kappa shape index (κ3) is 3.61. The lowest BCUT2D eigenvalue weighted by Crippen LogP contribution is -2.16. The zero-order valence-corrected chi connectivity index (χ0v) is 12.5. The number of hydrogen-bond donors (Lipinski definition) is 0. The minimum Gasteiger partial charge on any atom is -0.492 e. The van der Waals surface area contributed by atoms with E-state index in [0.717, 1.165) is 9.13 Å². The molecule has 1 aromatic carbocycles. The van der Waals surface area contributed by atoms with Crippen LogP contribution in [0.3, 0.4) is 0 Å². The Bertz CT molecular complexity index is 390. The molecule has 1 atom stereocenters. The smallest absolute Gasteiger partial charge is 0.197 e. The maximum Gasteiger partial charge on any atom is 0.197 e. The van der Waals surface area contributed by atoms with Crippen LogP contribution in [0.2, 0.25) is 0 Å². The van der Waals surface area contributed by atoms with E-state index >= 15 is 0 Å². The lowest BCUT2D eigenvalue weighted by molar-refractivity contribution is -0.0623. The zero-order valence-electron chi connectivity index (χ0n) is 10.3. The molecule has 1 unspecified atom stereocenters. The van der Waals surface area contributed by atoms with E-state index in [4.69, 9.17) is 14.2 Å². The number of benzene rings is 1. The molecule has 0 heterocycles. The fourth-order valence-corrected chi connectivity index (χ4v) is 2.14. The van der Waals surface area contributed by atoms with Gasteiger partial charge in [0.25, 0.3) is 0 Å². The first-order chi connectivity index (χ1) is 8.13. The number of ether oxygens (including phenoxy) is 3. The molecule has 94 valence electrons. The minimum absolute atomic E-state index is 0.299. The van der Waals surface area contributed by atoms with E-state index in [1.807, 2.05) is 26.0 Å². The monoisotopic (exact) mass is 348 g/mol. The second-order valence-corrected chi connectivity index (χ2v) is 4.50. The van der Waals surface area contributed by atoms with Crippen LogP contribution in [0.25, 0.3) is 6.08 Å². The molecule has 0 spiro atoms. The Morgan fingerprint density at radius 2 is 2.18 bits per heavy atom. The lowest BCUT2D eigenvalue weighted by atomic mass is 10.2. The van der Waals surface area contributed by atoms with E-state index in [0.29, 0.717) is 18.1 Å². The maximum atomic E-state index is 5.68. The third-order valence-electron chi connectivity index (χ3n) is 2.21. The fraction of sp³-hybridized carbons (Fsp3) is 0.385. The summed E-state index contributed by atoms with van der Waals surface area (Å²) in [7, 11) is 1.62. The Balaban J connectivity index is 3.03. The summed E-state index contributed by atoms with van der Waals surface area (Å²) in [5.41, 5.74) is 0.939. The van der Waals surface area contributed by atoms with Gasteiger partial charge in [-0.15, -0.1) is 0 Å². The van der Waals surface area contributed by atoms with Crippen molar-refractivity contribution in [2.24, 2.45) is 0 Å². The normalized spacial score (nSPS) is 12.0. The first-order valence-electron chi connectivity index (χ1n) is 5.41. The fourth-order valence-electron chi connectivity index (χ4n) is 1.50. The molecule has 0 aliphatic carbocycles. The number of halogens is 1. The highest BCUT2D eigenvalue weighted by Crippen LogP contribution is 2.35. The summed E-state index contributed by atoms with van der Waals surface area (Å²) in [6, 6.07) is 3.84. The maximum absolute atomic E-state index is 5.68. The lowest BCUT2D eigenvalue weighted by Gasteiger charge is -2.18. The van der Waals surface area contributed by atoms with Gasteiger partial charge in [0.1, 0.15) is 0 Å². The van der Waals surface area contributed by atoms with Gasteiger partial charge in [0.2, 0.25) is 0 Å². The summed E-state index contributed by atoms with van der Waals surface area (Å²) < 4.78 is 17.5. The molecule has 0 N–H and O–H groups in total. The molecule has 0 amide bonds. The van der Waals surface area contributed by atoms with Gasteiger partial charge in [0.05, 0.1) is 7.11 Å². The Labute approximate surface area is 116 Å². The molecule has 1 aromatic rings. The Morgan fingerprint density at radius 3 is 2.71 bits per heavy atom. The molecule has 17 heavy (non-hydrogen) atoms. The van der Waals surface area contributed by atoms with Crippen LogP contribution in [-0.2, 0) is 4.74 Å². The predicted octanol–water partition coefficient (Wildman–Crippen LogP) is 3.70. The average Bonchev–Trinajstić information content (AvgIpc) is 2.31. The molecule has 3 nitrogen and oxygen atoms in total. The van der Waals surface area contributed by atoms with Crippen LogP contribution in [0, 0.1) is 3.57 Å². The summed E-state index contributed by atoms with van der Waals surface area (Å²) in [4.78, 5) is 0. The molecule has 0 aliphatic heterocycles. The summed E-state index contributed by atoms with van der Waals surface area (Å²) in [6.07, 6.45) is 1.46. The number of rotatable bonds is 6.